The van der Waals surface area contributed by atoms with Crippen molar-refractivity contribution in [2.75, 3.05) is 27.3 Å². The van der Waals surface area contributed by atoms with Crippen LogP contribution >= 0.6 is 0 Å². The van der Waals surface area contributed by atoms with Crippen molar-refractivity contribution in [2.24, 2.45) is 0 Å². The Labute approximate surface area is 323 Å². The van der Waals surface area contributed by atoms with Gasteiger partial charge in [-0.15, -0.1) is 0 Å². The highest BCUT2D eigenvalue weighted by Gasteiger charge is 2.39. The van der Waals surface area contributed by atoms with Crippen LogP contribution in [0.15, 0.2) is 48.7 Å². The number of amides is 4. The van der Waals surface area contributed by atoms with E-state index in [1.165, 1.54) is 14.2 Å². The minimum atomic E-state index is -0.645. The van der Waals surface area contributed by atoms with Gasteiger partial charge in [0.25, 0.3) is 0 Å². The van der Waals surface area contributed by atoms with E-state index in [0.717, 1.165) is 99.9 Å². The van der Waals surface area contributed by atoms with Crippen LogP contribution in [-0.4, -0.2) is 93.1 Å². The molecule has 0 aliphatic carbocycles. The molecule has 4 N–H and O–H groups in total. The molecule has 5 heterocycles. The van der Waals surface area contributed by atoms with Gasteiger partial charge in [-0.2, -0.15) is 0 Å². The number of ether oxygens (including phenoxy) is 3. The normalized spacial score (nSPS) is 20.1. The van der Waals surface area contributed by atoms with Crippen LogP contribution in [0.25, 0.3) is 44.2 Å². The van der Waals surface area contributed by atoms with E-state index in [2.05, 4.69) is 73.4 Å². The summed E-state index contributed by atoms with van der Waals surface area (Å²) in [6, 6.07) is 14.2. The third-order valence-electron chi connectivity index (χ3n) is 11.4. The number of aromatic amines is 2. The van der Waals surface area contributed by atoms with Gasteiger partial charge >= 0.3 is 12.2 Å². The average molecular weight is 763 g/mol. The second-order valence-corrected chi connectivity index (χ2v) is 14.8. The third kappa shape index (κ3) is 6.75. The van der Waals surface area contributed by atoms with Gasteiger partial charge in [0.05, 0.1) is 49.2 Å². The fourth-order valence-corrected chi connectivity index (χ4v) is 8.73. The van der Waals surface area contributed by atoms with E-state index in [-0.39, 0.29) is 49.1 Å². The standard InChI is InChI=1S/C41H46N8O7/c1-5-6-26-10-14-32(49(26)36(51)20-44-41(53)55-4)38-42-18-31(46-38)24-8-11-27-25(15-24)21-56-34-17-28-23(16-29(27)34)9-12-30-37(28)47-39(45-30)33-13-7-22(2)48(33)35(50)19-43-40(52)54-3/h8-9,11-12,15-18,22,26,32-33H,5-7,10,13-14,19-21H2,1-4H3,(H,42,46)(H,43,52)(H,44,53)(H,45,47)/t22-,26-,32?,33?/m0/s1. The number of nitrogens with one attached hydrogen (secondary N) is 4. The molecule has 0 bridgehead atoms. The van der Waals surface area contributed by atoms with Crippen molar-refractivity contribution in [1.82, 2.24) is 40.4 Å². The van der Waals surface area contributed by atoms with Crippen molar-refractivity contribution in [1.29, 1.82) is 0 Å². The first kappa shape index (κ1) is 36.8. The number of methoxy groups -OCH3 is 2. The number of carbonyl (C=O) groups excluding carboxylic acids is 4. The molecule has 0 saturated carbocycles. The first-order valence-corrected chi connectivity index (χ1v) is 19.2. The number of hydrogen-bond acceptors (Lipinski definition) is 9. The second-order valence-electron chi connectivity index (χ2n) is 14.8. The van der Waals surface area contributed by atoms with Gasteiger partial charge in [-0.1, -0.05) is 31.5 Å². The number of H-pyrrole nitrogens is 2. The zero-order valence-electron chi connectivity index (χ0n) is 31.9. The van der Waals surface area contributed by atoms with Crippen LogP contribution in [0.3, 0.4) is 0 Å². The molecule has 2 saturated heterocycles. The van der Waals surface area contributed by atoms with Crippen LogP contribution in [0.5, 0.6) is 5.75 Å². The van der Waals surface area contributed by atoms with Gasteiger partial charge in [-0.3, -0.25) is 9.59 Å². The molecule has 2 fully saturated rings. The molecule has 2 aromatic heterocycles. The second kappa shape index (κ2) is 15.2. The average Bonchev–Trinajstić information content (AvgIpc) is 4.03. The van der Waals surface area contributed by atoms with Gasteiger partial charge in [0.2, 0.25) is 11.8 Å². The van der Waals surface area contributed by atoms with Gasteiger partial charge in [-0.05, 0) is 85.4 Å². The number of imidazole rings is 2. The molecule has 292 valence electrons. The van der Waals surface area contributed by atoms with E-state index in [4.69, 9.17) is 14.7 Å². The maximum atomic E-state index is 13.3. The topological polar surface area (TPSA) is 184 Å². The van der Waals surface area contributed by atoms with Crippen molar-refractivity contribution >= 4 is 45.8 Å². The van der Waals surface area contributed by atoms with Crippen molar-refractivity contribution in [2.45, 2.75) is 83.1 Å². The summed E-state index contributed by atoms with van der Waals surface area (Å²) in [5.74, 6) is 1.87. The largest absolute Gasteiger partial charge is 0.488 e. The fraction of sp³-hybridized carbons (Fsp3) is 0.415. The molecule has 56 heavy (non-hydrogen) atoms. The van der Waals surface area contributed by atoms with E-state index < -0.39 is 12.2 Å². The SMILES string of the molecule is CCC[C@H]1CCC(c2ncc(-c3ccc4c(c3)COc3cc5c(ccc6nc(C7CC[C@H](C)N7C(=O)CNC(=O)OC)[nH]c65)cc3-4)[nH]2)N1C(=O)CNC(=O)OC. The smallest absolute Gasteiger partial charge is 0.407 e. The van der Waals surface area contributed by atoms with E-state index >= 15 is 0 Å². The lowest BCUT2D eigenvalue weighted by Gasteiger charge is -2.29. The van der Waals surface area contributed by atoms with Gasteiger partial charge in [0.1, 0.15) is 37.1 Å². The molecule has 3 aliphatic rings. The quantitative estimate of drug-likeness (QED) is 0.135. The lowest BCUT2D eigenvalue weighted by Crippen LogP contribution is -2.43. The predicted molar refractivity (Wildman–Crippen MR) is 208 cm³/mol. The van der Waals surface area contributed by atoms with Crippen LogP contribution in [0.1, 0.15) is 81.7 Å². The Bertz CT molecular complexity index is 2340. The zero-order valence-corrected chi connectivity index (χ0v) is 31.9. The predicted octanol–water partition coefficient (Wildman–Crippen LogP) is 6.26. The summed E-state index contributed by atoms with van der Waals surface area (Å²) in [5, 5.41) is 7.03. The van der Waals surface area contributed by atoms with Crippen LogP contribution in [-0.2, 0) is 25.7 Å². The number of aromatic nitrogens is 4. The highest BCUT2D eigenvalue weighted by atomic mass is 16.5. The Balaban J connectivity index is 1.04. The Kier molecular flexibility index (Phi) is 9.99. The molecule has 15 nitrogen and oxygen atoms in total. The van der Waals surface area contributed by atoms with Crippen LogP contribution < -0.4 is 15.4 Å². The number of nitrogens with zero attached hydrogens (tertiary/aromatic N) is 4. The highest BCUT2D eigenvalue weighted by molar-refractivity contribution is 6.07. The summed E-state index contributed by atoms with van der Waals surface area (Å²) < 4.78 is 15.7. The highest BCUT2D eigenvalue weighted by Crippen LogP contribution is 2.44. The molecular weight excluding hydrogens is 716 g/mol. The minimum absolute atomic E-state index is 0.00280. The number of fused-ring (bicyclic) bond motifs is 6. The zero-order chi connectivity index (χ0) is 39.1. The number of likely N-dealkylation sites (tertiary alicyclic amines) is 2. The maximum Gasteiger partial charge on any atom is 0.407 e. The fourth-order valence-electron chi connectivity index (χ4n) is 8.73. The van der Waals surface area contributed by atoms with E-state index in [1.54, 1.807) is 4.90 Å². The van der Waals surface area contributed by atoms with Gasteiger partial charge < -0.3 is 44.6 Å². The number of alkyl carbamates (subject to hydrolysis) is 2. The monoisotopic (exact) mass is 762 g/mol. The molecule has 8 rings (SSSR count). The Morgan fingerprint density at radius 2 is 1.59 bits per heavy atom. The third-order valence-corrected chi connectivity index (χ3v) is 11.4. The number of hydrogen-bond donors (Lipinski definition) is 4. The minimum Gasteiger partial charge on any atom is -0.488 e. The van der Waals surface area contributed by atoms with E-state index in [0.29, 0.717) is 12.4 Å². The molecule has 4 atom stereocenters. The Morgan fingerprint density at radius 3 is 2.34 bits per heavy atom. The summed E-state index contributed by atoms with van der Waals surface area (Å²) in [4.78, 5) is 70.2. The lowest BCUT2D eigenvalue weighted by molar-refractivity contribution is -0.134. The molecule has 5 aromatic rings. The van der Waals surface area contributed by atoms with Crippen molar-refractivity contribution in [3.05, 3.63) is 65.9 Å². The molecule has 15 heteroatoms. The van der Waals surface area contributed by atoms with Crippen molar-refractivity contribution in [3.8, 4) is 28.1 Å². The molecule has 0 spiro atoms. The molecule has 2 unspecified atom stereocenters. The maximum absolute atomic E-state index is 13.3. The molecular formula is C41H46N8O7. The summed E-state index contributed by atoms with van der Waals surface area (Å²) >= 11 is 0. The number of rotatable bonds is 9. The van der Waals surface area contributed by atoms with Crippen molar-refractivity contribution < 1.29 is 33.4 Å². The number of benzene rings is 3. The lowest BCUT2D eigenvalue weighted by atomic mass is 9.92. The Morgan fingerprint density at radius 1 is 0.857 bits per heavy atom. The number of carbonyl (C=O) groups is 4. The molecule has 0 radical (unpaired) electrons. The Hall–Kier alpha value is -6.12. The molecule has 4 amide bonds. The molecule has 3 aliphatic heterocycles. The van der Waals surface area contributed by atoms with Crippen LogP contribution in [0, 0.1) is 0 Å². The van der Waals surface area contributed by atoms with E-state index in [1.807, 2.05) is 24.1 Å². The first-order chi connectivity index (χ1) is 27.2. The van der Waals surface area contributed by atoms with Crippen LogP contribution in [0.2, 0.25) is 0 Å². The van der Waals surface area contributed by atoms with Gasteiger partial charge in [0, 0.05) is 23.0 Å². The molecule has 3 aromatic carbocycles. The van der Waals surface area contributed by atoms with E-state index in [9.17, 15) is 19.2 Å². The van der Waals surface area contributed by atoms with Gasteiger partial charge in [-0.25, -0.2) is 19.6 Å². The summed E-state index contributed by atoms with van der Waals surface area (Å²) in [7, 11) is 2.55. The first-order valence-electron chi connectivity index (χ1n) is 19.2. The van der Waals surface area contributed by atoms with Gasteiger partial charge in [0.15, 0.2) is 0 Å². The summed E-state index contributed by atoms with van der Waals surface area (Å²) in [5.41, 5.74) is 6.62. The van der Waals surface area contributed by atoms with Crippen molar-refractivity contribution in [3.63, 3.8) is 0 Å². The van der Waals surface area contributed by atoms with Crippen LogP contribution in [0.4, 0.5) is 9.59 Å². The summed E-state index contributed by atoms with van der Waals surface area (Å²) in [6.45, 7) is 4.23. The summed E-state index contributed by atoms with van der Waals surface area (Å²) in [6.07, 6.45) is 5.59.